The van der Waals surface area contributed by atoms with Gasteiger partial charge in [0.2, 0.25) is 11.7 Å². The predicted molar refractivity (Wildman–Crippen MR) is 56.7 cm³/mol. The van der Waals surface area contributed by atoms with Crippen molar-refractivity contribution in [2.75, 3.05) is 0 Å². The molecule has 0 aromatic heterocycles. The summed E-state index contributed by atoms with van der Waals surface area (Å²) in [5.41, 5.74) is -0.436. The fourth-order valence-corrected chi connectivity index (χ4v) is 1.14. The first-order valence-corrected chi connectivity index (χ1v) is 4.99. The number of hydrogen-bond acceptors (Lipinski definition) is 0. The zero-order chi connectivity index (χ0) is 15.6. The molecule has 0 radical (unpaired) electrons. The third-order valence-electron chi connectivity index (χ3n) is 2.06. The van der Waals surface area contributed by atoms with Gasteiger partial charge in [-0.1, -0.05) is 24.3 Å². The lowest BCUT2D eigenvalue weighted by molar-refractivity contribution is -0.108. The van der Waals surface area contributed by atoms with E-state index in [0.717, 1.165) is 24.3 Å². The Hall–Kier alpha value is -1.86. The second-order valence-corrected chi connectivity index (χ2v) is 3.65. The summed E-state index contributed by atoms with van der Waals surface area (Å²) < 4.78 is 96.5. The molecule has 0 fully saturated rings. The van der Waals surface area contributed by atoms with Crippen LogP contribution in [0.15, 0.2) is 35.9 Å². The topological polar surface area (TPSA) is 0 Å². The minimum Gasteiger partial charge on any atom is -0.202 e. The van der Waals surface area contributed by atoms with E-state index < -0.39 is 24.0 Å². The van der Waals surface area contributed by atoms with Crippen LogP contribution in [0.5, 0.6) is 0 Å². The molecule has 1 rings (SSSR count). The van der Waals surface area contributed by atoms with Crippen molar-refractivity contribution in [3.05, 3.63) is 47.0 Å². The van der Waals surface area contributed by atoms with Crippen LogP contribution >= 0.6 is 0 Å². The van der Waals surface area contributed by atoms with E-state index >= 15 is 0 Å². The van der Waals surface area contributed by atoms with Gasteiger partial charge >= 0.3 is 12.4 Å². The zero-order valence-corrected chi connectivity index (χ0v) is 9.49. The van der Waals surface area contributed by atoms with Crippen LogP contribution in [0.2, 0.25) is 0 Å². The van der Waals surface area contributed by atoms with E-state index in [2.05, 4.69) is 0 Å². The van der Waals surface area contributed by atoms with Crippen LogP contribution in [0.1, 0.15) is 11.1 Å². The first kappa shape index (κ1) is 16.2. The van der Waals surface area contributed by atoms with Gasteiger partial charge in [-0.15, -0.1) is 0 Å². The van der Waals surface area contributed by atoms with E-state index in [-0.39, 0.29) is 23.3 Å². The van der Waals surface area contributed by atoms with E-state index in [1.807, 2.05) is 0 Å². The molecule has 20 heavy (non-hydrogen) atoms. The summed E-state index contributed by atoms with van der Waals surface area (Å²) in [6.45, 7) is 0. The molecule has 110 valence electrons. The summed E-state index contributed by atoms with van der Waals surface area (Å²) in [6, 6.07) is 3.73. The Labute approximate surface area is 108 Å². The van der Waals surface area contributed by atoms with Crippen molar-refractivity contribution in [3.8, 4) is 0 Å². The standard InChI is InChI=1S/C12H6F8/c13-9(11(15,16)17)5-7-1-2-8(4-3-7)6-10(14)12(18,19)20/h1-6H/b9-5-,10-6-. The highest BCUT2D eigenvalue weighted by Gasteiger charge is 2.35. The van der Waals surface area contributed by atoms with Gasteiger partial charge in [-0.2, -0.15) is 26.3 Å². The Balaban J connectivity index is 2.96. The van der Waals surface area contributed by atoms with E-state index in [1.54, 1.807) is 0 Å². The zero-order valence-electron chi connectivity index (χ0n) is 9.49. The van der Waals surface area contributed by atoms with Crippen molar-refractivity contribution in [2.24, 2.45) is 0 Å². The van der Waals surface area contributed by atoms with Gasteiger partial charge in [0.1, 0.15) is 0 Å². The molecule has 0 unspecified atom stereocenters. The van der Waals surface area contributed by atoms with Crippen molar-refractivity contribution in [2.45, 2.75) is 12.4 Å². The summed E-state index contributed by atoms with van der Waals surface area (Å²) in [6.07, 6.45) is -9.93. The predicted octanol–water partition coefficient (Wildman–Crippen LogP) is 5.43. The monoisotopic (exact) mass is 302 g/mol. The van der Waals surface area contributed by atoms with Crippen LogP contribution in [-0.2, 0) is 0 Å². The van der Waals surface area contributed by atoms with Crippen LogP contribution in [0.4, 0.5) is 35.1 Å². The number of hydrogen-bond donors (Lipinski definition) is 0. The Morgan fingerprint density at radius 2 is 0.900 bits per heavy atom. The maximum absolute atomic E-state index is 12.6. The molecule has 1 aromatic rings. The minimum absolute atomic E-state index is 0.174. The Bertz CT molecular complexity index is 467. The van der Waals surface area contributed by atoms with Crippen molar-refractivity contribution in [1.29, 1.82) is 0 Å². The number of benzene rings is 1. The van der Waals surface area contributed by atoms with Crippen molar-refractivity contribution in [3.63, 3.8) is 0 Å². The summed E-state index contributed by atoms with van der Waals surface area (Å²) in [5.74, 6) is -4.69. The van der Waals surface area contributed by atoms with Gasteiger partial charge in [-0.3, -0.25) is 0 Å². The van der Waals surface area contributed by atoms with E-state index in [9.17, 15) is 35.1 Å². The van der Waals surface area contributed by atoms with Gasteiger partial charge in [0.25, 0.3) is 0 Å². The Morgan fingerprint density at radius 3 is 1.10 bits per heavy atom. The van der Waals surface area contributed by atoms with Gasteiger partial charge in [-0.25, -0.2) is 8.78 Å². The number of allylic oxidation sites excluding steroid dienone is 2. The lowest BCUT2D eigenvalue weighted by Crippen LogP contribution is -2.07. The quantitative estimate of drug-likeness (QED) is 0.639. The van der Waals surface area contributed by atoms with Gasteiger partial charge in [0.15, 0.2) is 0 Å². The molecular formula is C12H6F8. The van der Waals surface area contributed by atoms with Crippen LogP contribution in [0.3, 0.4) is 0 Å². The normalized spacial score (nSPS) is 14.6. The first-order chi connectivity index (χ1) is 9.00. The molecule has 0 saturated heterocycles. The fraction of sp³-hybridized carbons (Fsp3) is 0.167. The molecule has 0 aliphatic carbocycles. The van der Waals surface area contributed by atoms with Gasteiger partial charge in [-0.05, 0) is 23.3 Å². The largest absolute Gasteiger partial charge is 0.442 e. The van der Waals surface area contributed by atoms with Crippen LogP contribution < -0.4 is 0 Å². The summed E-state index contributed by atoms with van der Waals surface area (Å²) >= 11 is 0. The highest BCUT2D eigenvalue weighted by Crippen LogP contribution is 2.30. The molecule has 0 bridgehead atoms. The lowest BCUT2D eigenvalue weighted by Gasteiger charge is -2.04. The number of halogens is 8. The molecule has 0 heterocycles. The van der Waals surface area contributed by atoms with Crippen LogP contribution in [-0.4, -0.2) is 12.4 Å². The summed E-state index contributed by atoms with van der Waals surface area (Å²) in [7, 11) is 0. The maximum Gasteiger partial charge on any atom is 0.442 e. The molecule has 0 aliphatic heterocycles. The second-order valence-electron chi connectivity index (χ2n) is 3.65. The third-order valence-corrected chi connectivity index (χ3v) is 2.06. The Morgan fingerprint density at radius 1 is 0.650 bits per heavy atom. The molecule has 8 heteroatoms. The maximum atomic E-state index is 12.6. The molecule has 0 spiro atoms. The molecule has 0 nitrogen and oxygen atoms in total. The molecule has 0 N–H and O–H groups in total. The highest BCUT2D eigenvalue weighted by atomic mass is 19.4. The average molecular weight is 302 g/mol. The van der Waals surface area contributed by atoms with Crippen LogP contribution in [0.25, 0.3) is 12.2 Å². The fourth-order valence-electron chi connectivity index (χ4n) is 1.14. The number of rotatable bonds is 2. The SMILES string of the molecule is F/C(=C\c1ccc(/C=C(\F)C(F)(F)F)cc1)C(F)(F)F. The minimum atomic E-state index is -5.14. The number of alkyl halides is 6. The van der Waals surface area contributed by atoms with Crippen molar-refractivity contribution < 1.29 is 35.1 Å². The highest BCUT2D eigenvalue weighted by molar-refractivity contribution is 5.58. The molecule has 1 aromatic carbocycles. The smallest absolute Gasteiger partial charge is 0.202 e. The second kappa shape index (κ2) is 5.64. The van der Waals surface area contributed by atoms with E-state index in [1.165, 1.54) is 0 Å². The molecule has 0 saturated carbocycles. The molecular weight excluding hydrogens is 296 g/mol. The van der Waals surface area contributed by atoms with E-state index in [4.69, 9.17) is 0 Å². The van der Waals surface area contributed by atoms with E-state index in [0.29, 0.717) is 0 Å². The Kier molecular flexibility index (Phi) is 4.57. The van der Waals surface area contributed by atoms with Crippen molar-refractivity contribution in [1.82, 2.24) is 0 Å². The molecule has 0 amide bonds. The summed E-state index contributed by atoms with van der Waals surface area (Å²) in [5, 5.41) is 0. The average Bonchev–Trinajstić information content (AvgIpc) is 2.29. The molecule has 0 aliphatic rings. The molecule has 0 atom stereocenters. The van der Waals surface area contributed by atoms with Crippen molar-refractivity contribution >= 4 is 12.2 Å². The van der Waals surface area contributed by atoms with Gasteiger partial charge < -0.3 is 0 Å². The first-order valence-electron chi connectivity index (χ1n) is 4.99. The van der Waals surface area contributed by atoms with Gasteiger partial charge in [0, 0.05) is 0 Å². The van der Waals surface area contributed by atoms with Crippen LogP contribution in [0, 0.1) is 0 Å². The lowest BCUT2D eigenvalue weighted by atomic mass is 10.1. The van der Waals surface area contributed by atoms with Gasteiger partial charge in [0.05, 0.1) is 0 Å². The summed E-state index contributed by atoms with van der Waals surface area (Å²) in [4.78, 5) is 0. The third kappa shape index (κ3) is 4.67.